The Bertz CT molecular complexity index is 2980. The van der Waals surface area contributed by atoms with Gasteiger partial charge in [-0.25, -0.2) is 28.2 Å². The number of carbonyl (C=O) groups excluding carboxylic acids is 4. The number of nitrogens with one attached hydrogen (secondary N) is 2. The molecular weight excluding hydrogens is 833 g/mol. The Labute approximate surface area is 382 Å². The second kappa shape index (κ2) is 19.5. The first kappa shape index (κ1) is 43.4. The quantitative estimate of drug-likeness (QED) is 0.0633. The zero-order valence-electron chi connectivity index (χ0n) is 37.3. The van der Waals surface area contributed by atoms with E-state index in [1.165, 1.54) is 9.80 Å². The Hall–Kier alpha value is -7.88. The maximum atomic E-state index is 13.3. The molecule has 66 heavy (non-hydrogen) atoms. The summed E-state index contributed by atoms with van der Waals surface area (Å²) in [5, 5.41) is 10.3. The SMILES string of the molecule is C[n+]1ccn(CCCNc2ccc3c4c(cccc24)C(=O)N(CCCn2cc[n+](C)c2)C3=O)c1.O=C1c2cccc3c(NCCCn4ccnc4)ccc(c23)C(=O)N1CCCn1ccnc1. The Morgan fingerprint density at radius 3 is 1.29 bits per heavy atom. The van der Waals surface area contributed by atoms with E-state index < -0.39 is 0 Å². The molecular formula is C50H54N12O4+2. The lowest BCUT2D eigenvalue weighted by Crippen LogP contribution is -2.41. The van der Waals surface area contributed by atoms with Crippen molar-refractivity contribution in [1.29, 1.82) is 0 Å². The van der Waals surface area contributed by atoms with E-state index in [1.807, 2.05) is 130 Å². The Balaban J connectivity index is 0.000000166. The summed E-state index contributed by atoms with van der Waals surface area (Å²) >= 11 is 0. The van der Waals surface area contributed by atoms with E-state index in [0.29, 0.717) is 54.7 Å². The number of rotatable bonds is 18. The number of aromatic nitrogens is 8. The van der Waals surface area contributed by atoms with Gasteiger partial charge in [-0.1, -0.05) is 24.3 Å². The second-order valence-electron chi connectivity index (χ2n) is 16.8. The van der Waals surface area contributed by atoms with Crippen molar-refractivity contribution in [3.05, 3.63) is 158 Å². The maximum absolute atomic E-state index is 13.3. The lowest BCUT2D eigenvalue weighted by Gasteiger charge is -2.28. The van der Waals surface area contributed by atoms with Crippen molar-refractivity contribution in [3.63, 3.8) is 0 Å². The van der Waals surface area contributed by atoms with Crippen LogP contribution in [-0.2, 0) is 40.3 Å². The molecule has 4 amide bonds. The molecule has 6 heterocycles. The van der Waals surface area contributed by atoms with Crippen LogP contribution in [0.15, 0.2) is 136 Å². The molecule has 16 nitrogen and oxygen atoms in total. The minimum atomic E-state index is -0.226. The summed E-state index contributed by atoms with van der Waals surface area (Å²) in [4.78, 5) is 63.7. The molecule has 10 rings (SSSR count). The Morgan fingerprint density at radius 1 is 0.470 bits per heavy atom. The number of hydrogen-bond acceptors (Lipinski definition) is 8. The van der Waals surface area contributed by atoms with E-state index in [1.54, 1.807) is 25.0 Å². The fourth-order valence-electron chi connectivity index (χ4n) is 8.90. The molecule has 0 bridgehead atoms. The van der Waals surface area contributed by atoms with Gasteiger partial charge in [0.1, 0.15) is 24.8 Å². The lowest BCUT2D eigenvalue weighted by atomic mass is 9.93. The average Bonchev–Trinajstić information content (AvgIpc) is 4.19. The van der Waals surface area contributed by atoms with Crippen LogP contribution >= 0.6 is 0 Å². The van der Waals surface area contributed by atoms with Gasteiger partial charge in [0.15, 0.2) is 0 Å². The monoisotopic (exact) mass is 886 g/mol. The smallest absolute Gasteiger partial charge is 0.261 e. The van der Waals surface area contributed by atoms with E-state index in [2.05, 4.69) is 42.3 Å². The minimum Gasteiger partial charge on any atom is -0.384 e. The molecule has 0 radical (unpaired) electrons. The van der Waals surface area contributed by atoms with Crippen molar-refractivity contribution in [1.82, 2.24) is 38.0 Å². The number of carbonyl (C=O) groups is 4. The van der Waals surface area contributed by atoms with E-state index in [4.69, 9.17) is 0 Å². The number of anilines is 2. The van der Waals surface area contributed by atoms with Crippen molar-refractivity contribution in [3.8, 4) is 0 Å². The normalized spacial score (nSPS) is 13.2. The highest BCUT2D eigenvalue weighted by Crippen LogP contribution is 2.36. The van der Waals surface area contributed by atoms with Gasteiger partial charge in [0.2, 0.25) is 12.7 Å². The van der Waals surface area contributed by atoms with Crippen LogP contribution < -0.4 is 19.8 Å². The first-order valence-electron chi connectivity index (χ1n) is 22.5. The van der Waals surface area contributed by atoms with E-state index in [-0.39, 0.29) is 23.6 Å². The summed E-state index contributed by atoms with van der Waals surface area (Å²) in [6, 6.07) is 19.0. The molecule has 2 N–H and O–H groups in total. The maximum Gasteiger partial charge on any atom is 0.261 e. The molecule has 0 saturated heterocycles. The van der Waals surface area contributed by atoms with Crippen LogP contribution in [0.3, 0.4) is 0 Å². The number of nitrogens with zero attached hydrogens (tertiary/aromatic N) is 10. The van der Waals surface area contributed by atoms with Gasteiger partial charge in [0.05, 0.1) is 39.8 Å². The van der Waals surface area contributed by atoms with E-state index in [9.17, 15) is 19.2 Å². The van der Waals surface area contributed by atoms with Gasteiger partial charge in [-0.05, 0) is 49.2 Å². The first-order chi connectivity index (χ1) is 32.2. The van der Waals surface area contributed by atoms with Gasteiger partial charge >= 0.3 is 0 Å². The molecule has 0 fully saturated rings. The zero-order valence-corrected chi connectivity index (χ0v) is 37.3. The van der Waals surface area contributed by atoms with Crippen molar-refractivity contribution < 1.29 is 28.3 Å². The summed E-state index contributed by atoms with van der Waals surface area (Å²) < 4.78 is 12.2. The van der Waals surface area contributed by atoms with E-state index in [0.717, 1.165) is 78.5 Å². The van der Waals surface area contributed by atoms with Crippen LogP contribution in [0.25, 0.3) is 21.5 Å². The van der Waals surface area contributed by atoms with Crippen LogP contribution in [0.4, 0.5) is 11.4 Å². The number of imidazole rings is 4. The van der Waals surface area contributed by atoms with Gasteiger partial charge in [0, 0.05) is 132 Å². The highest BCUT2D eigenvalue weighted by molar-refractivity contribution is 6.27. The van der Waals surface area contributed by atoms with Crippen LogP contribution in [-0.4, -0.2) is 87.8 Å². The molecule has 0 spiro atoms. The molecule has 8 aromatic rings. The molecule has 0 atom stereocenters. The topological polar surface area (TPSA) is 152 Å². The number of benzene rings is 4. The third-order valence-corrected chi connectivity index (χ3v) is 12.2. The number of hydrogen-bond donors (Lipinski definition) is 2. The standard InChI is InChI=1S/C26H29N6O2.C24H24N6O2/c1-28-14-16-30(18-28)11-4-10-27-23-9-8-22-24-20(23)6-3-7-21(24)25(33)32(26(22)34)13-5-12-31-17-15-29(2)19-31;31-23-19-5-1-4-18-21(27-8-2-11-28-14-9-25-16-28)7-6-20(22(18)19)24(32)30(23)13-3-12-29-15-10-26-17-29/h3,6-9,14-19H,4-5,10-13H2,1-2H3;1,4-7,9-10,14-17,27H,2-3,8,11-13H2/q+1;/p+1. The summed E-state index contributed by atoms with van der Waals surface area (Å²) in [5.41, 5.74) is 4.26. The third-order valence-electron chi connectivity index (χ3n) is 12.2. The zero-order chi connectivity index (χ0) is 45.6. The molecule has 4 aromatic carbocycles. The second-order valence-corrected chi connectivity index (χ2v) is 16.8. The van der Waals surface area contributed by atoms with Crippen molar-refractivity contribution in [2.75, 3.05) is 36.8 Å². The van der Waals surface area contributed by atoms with Gasteiger partial charge in [-0.2, -0.15) is 0 Å². The average molecular weight is 887 g/mol. The van der Waals surface area contributed by atoms with Crippen molar-refractivity contribution >= 4 is 56.5 Å². The van der Waals surface area contributed by atoms with Crippen LogP contribution in [0.2, 0.25) is 0 Å². The largest absolute Gasteiger partial charge is 0.384 e. The number of aryl methyl sites for hydroxylation is 6. The first-order valence-corrected chi connectivity index (χ1v) is 22.5. The molecule has 0 aliphatic carbocycles. The Morgan fingerprint density at radius 2 is 0.879 bits per heavy atom. The fourth-order valence-corrected chi connectivity index (χ4v) is 8.90. The summed E-state index contributed by atoms with van der Waals surface area (Å²) in [6.45, 7) is 5.59. The fraction of sp³-hybridized carbons (Fsp3) is 0.280. The predicted molar refractivity (Wildman–Crippen MR) is 250 cm³/mol. The van der Waals surface area contributed by atoms with Crippen molar-refractivity contribution in [2.24, 2.45) is 14.1 Å². The summed E-state index contributed by atoms with van der Waals surface area (Å²) in [7, 11) is 3.98. The highest BCUT2D eigenvalue weighted by atomic mass is 16.2. The van der Waals surface area contributed by atoms with Crippen molar-refractivity contribution in [2.45, 2.75) is 51.9 Å². The molecule has 4 aromatic heterocycles. The molecule has 336 valence electrons. The Kier molecular flexibility index (Phi) is 12.8. The van der Waals surface area contributed by atoms with Crippen LogP contribution in [0.5, 0.6) is 0 Å². The molecule has 0 unspecified atom stereocenters. The molecule has 2 aliphatic rings. The lowest BCUT2D eigenvalue weighted by molar-refractivity contribution is -0.671. The van der Waals surface area contributed by atoms with Crippen LogP contribution in [0.1, 0.15) is 67.1 Å². The summed E-state index contributed by atoms with van der Waals surface area (Å²) in [6.07, 6.45) is 26.2. The summed E-state index contributed by atoms with van der Waals surface area (Å²) in [5.74, 6) is -0.871. The molecule has 16 heteroatoms. The highest BCUT2D eigenvalue weighted by Gasteiger charge is 2.34. The van der Waals surface area contributed by atoms with Gasteiger partial charge in [0.25, 0.3) is 23.6 Å². The van der Waals surface area contributed by atoms with Gasteiger partial charge in [-0.15, -0.1) is 0 Å². The van der Waals surface area contributed by atoms with E-state index >= 15 is 0 Å². The number of amides is 4. The van der Waals surface area contributed by atoms with Gasteiger partial charge in [-0.3, -0.25) is 29.0 Å². The third kappa shape index (κ3) is 9.20. The molecule has 2 aliphatic heterocycles. The van der Waals surface area contributed by atoms with Gasteiger partial charge < -0.3 is 19.8 Å². The minimum absolute atomic E-state index is 0.209. The molecule has 0 saturated carbocycles. The number of imide groups is 2. The predicted octanol–water partition coefficient (Wildman–Crippen LogP) is 5.70. The van der Waals surface area contributed by atoms with Crippen LogP contribution in [0, 0.1) is 0 Å².